The molecule has 1 aromatic rings. The molecule has 2 nitrogen and oxygen atoms in total. The van der Waals surface area contributed by atoms with Crippen molar-refractivity contribution in [3.05, 3.63) is 29.8 Å². The molecule has 2 unspecified atom stereocenters. The Balaban J connectivity index is 1.91. The second-order valence-electron chi connectivity index (χ2n) is 5.44. The van der Waals surface area contributed by atoms with Gasteiger partial charge >= 0.3 is 0 Å². The lowest BCUT2D eigenvalue weighted by Crippen LogP contribution is -2.29. The van der Waals surface area contributed by atoms with E-state index in [0.29, 0.717) is 5.92 Å². The number of benzene rings is 1. The summed E-state index contributed by atoms with van der Waals surface area (Å²) in [6.45, 7) is 5.28. The second-order valence-corrected chi connectivity index (χ2v) is 5.44. The molecule has 0 amide bonds. The van der Waals surface area contributed by atoms with Crippen molar-refractivity contribution in [2.45, 2.75) is 45.1 Å². The van der Waals surface area contributed by atoms with E-state index in [4.69, 9.17) is 10.5 Å². The van der Waals surface area contributed by atoms with Gasteiger partial charge in [0.05, 0.1) is 6.61 Å². The highest BCUT2D eigenvalue weighted by Crippen LogP contribution is 2.36. The third-order valence-electron chi connectivity index (χ3n) is 3.57. The normalized spacial score (nSPS) is 20.1. The largest absolute Gasteiger partial charge is 0.493 e. The van der Waals surface area contributed by atoms with Gasteiger partial charge in [-0.1, -0.05) is 44.9 Å². The number of hydrogen-bond donors (Lipinski definition) is 1. The van der Waals surface area contributed by atoms with Gasteiger partial charge in [-0.3, -0.25) is 0 Å². The van der Waals surface area contributed by atoms with Crippen LogP contribution >= 0.6 is 0 Å². The summed E-state index contributed by atoms with van der Waals surface area (Å²) < 4.78 is 5.68. The number of ether oxygens (including phenoxy) is 1. The molecule has 2 heteroatoms. The lowest BCUT2D eigenvalue weighted by atomic mass is 9.90. The molecule has 2 N–H and O–H groups in total. The highest BCUT2D eigenvalue weighted by atomic mass is 16.5. The summed E-state index contributed by atoms with van der Waals surface area (Å²) in [6, 6.07) is 8.51. The first kappa shape index (κ1) is 12.4. The van der Waals surface area contributed by atoms with Crippen LogP contribution in [-0.4, -0.2) is 12.6 Å². The fourth-order valence-corrected chi connectivity index (χ4v) is 2.50. The van der Waals surface area contributed by atoms with E-state index >= 15 is 0 Å². The Labute approximate surface area is 104 Å². The van der Waals surface area contributed by atoms with Gasteiger partial charge in [0.2, 0.25) is 0 Å². The van der Waals surface area contributed by atoms with Gasteiger partial charge in [-0.2, -0.15) is 0 Å². The van der Waals surface area contributed by atoms with Crippen molar-refractivity contribution < 1.29 is 4.74 Å². The van der Waals surface area contributed by atoms with Gasteiger partial charge in [0.1, 0.15) is 5.75 Å². The average molecular weight is 233 g/mol. The summed E-state index contributed by atoms with van der Waals surface area (Å²) in [5.74, 6) is 2.18. The number of fused-ring (bicyclic) bond motifs is 1. The summed E-state index contributed by atoms with van der Waals surface area (Å²) in [5, 5.41) is 0. The van der Waals surface area contributed by atoms with Gasteiger partial charge in [0.15, 0.2) is 0 Å². The van der Waals surface area contributed by atoms with Gasteiger partial charge in [0.25, 0.3) is 0 Å². The van der Waals surface area contributed by atoms with E-state index in [1.807, 2.05) is 12.1 Å². The van der Waals surface area contributed by atoms with E-state index in [0.717, 1.165) is 24.7 Å². The van der Waals surface area contributed by atoms with Crippen LogP contribution in [0.5, 0.6) is 5.75 Å². The van der Waals surface area contributed by atoms with E-state index < -0.39 is 0 Å². The van der Waals surface area contributed by atoms with Crippen molar-refractivity contribution in [1.29, 1.82) is 0 Å². The zero-order valence-electron chi connectivity index (χ0n) is 10.9. The molecular weight excluding hydrogens is 210 g/mol. The highest BCUT2D eigenvalue weighted by Gasteiger charge is 2.28. The van der Waals surface area contributed by atoms with E-state index in [1.165, 1.54) is 18.4 Å². The smallest absolute Gasteiger partial charge is 0.122 e. The first-order chi connectivity index (χ1) is 8.18. The average Bonchev–Trinajstić information content (AvgIpc) is 2.72. The zero-order valence-corrected chi connectivity index (χ0v) is 10.9. The molecule has 0 aromatic heterocycles. The Kier molecular flexibility index (Phi) is 4.06. The van der Waals surface area contributed by atoms with Gasteiger partial charge in [-0.05, 0) is 18.4 Å². The fourth-order valence-electron chi connectivity index (χ4n) is 2.50. The Hall–Kier alpha value is -1.02. The van der Waals surface area contributed by atoms with Gasteiger partial charge < -0.3 is 10.5 Å². The topological polar surface area (TPSA) is 35.2 Å². The highest BCUT2D eigenvalue weighted by molar-refractivity contribution is 5.40. The fraction of sp³-hybridized carbons (Fsp3) is 0.600. The summed E-state index contributed by atoms with van der Waals surface area (Å²) in [6.07, 6.45) is 3.58. The maximum Gasteiger partial charge on any atom is 0.122 e. The Morgan fingerprint density at radius 3 is 2.82 bits per heavy atom. The van der Waals surface area contributed by atoms with Crippen LogP contribution in [0, 0.1) is 5.92 Å². The lowest BCUT2D eigenvalue weighted by molar-refractivity contribution is 0.306. The molecule has 2 atom stereocenters. The monoisotopic (exact) mass is 233 g/mol. The van der Waals surface area contributed by atoms with Crippen LogP contribution in [0.2, 0.25) is 0 Å². The number of rotatable bonds is 5. The predicted octanol–water partition coefficient (Wildman–Crippen LogP) is 3.32. The molecule has 0 radical (unpaired) electrons. The van der Waals surface area contributed by atoms with Crippen LogP contribution < -0.4 is 10.5 Å². The molecule has 17 heavy (non-hydrogen) atoms. The quantitative estimate of drug-likeness (QED) is 0.846. The molecule has 0 saturated carbocycles. The molecular formula is C15H23NO. The molecule has 0 saturated heterocycles. The molecule has 1 aromatic carbocycles. The van der Waals surface area contributed by atoms with E-state index in [9.17, 15) is 0 Å². The molecule has 1 aliphatic heterocycles. The molecule has 0 fully saturated rings. The molecule has 1 aliphatic rings. The SMILES string of the molecule is CC(C)CCCC(N)C1COc2ccccc21. The summed E-state index contributed by atoms with van der Waals surface area (Å²) in [4.78, 5) is 0. The molecule has 94 valence electrons. The molecule has 1 heterocycles. The Morgan fingerprint density at radius 2 is 2.06 bits per heavy atom. The predicted molar refractivity (Wildman–Crippen MR) is 71.3 cm³/mol. The van der Waals surface area contributed by atoms with Crippen molar-refractivity contribution in [3.63, 3.8) is 0 Å². The van der Waals surface area contributed by atoms with Crippen LogP contribution in [-0.2, 0) is 0 Å². The maximum absolute atomic E-state index is 6.30. The van der Waals surface area contributed by atoms with Crippen LogP contribution in [0.15, 0.2) is 24.3 Å². The molecule has 2 rings (SSSR count). The van der Waals surface area contributed by atoms with E-state index in [-0.39, 0.29) is 6.04 Å². The Bertz CT molecular complexity index is 362. The number of hydrogen-bond acceptors (Lipinski definition) is 2. The lowest BCUT2D eigenvalue weighted by Gasteiger charge is -2.18. The standard InChI is InChI=1S/C15H23NO/c1-11(2)6-5-8-14(16)13-10-17-15-9-4-3-7-12(13)15/h3-4,7,9,11,13-14H,5-6,8,10,16H2,1-2H3. The Morgan fingerprint density at radius 1 is 1.29 bits per heavy atom. The van der Waals surface area contributed by atoms with Crippen molar-refractivity contribution in [2.24, 2.45) is 11.7 Å². The van der Waals surface area contributed by atoms with Crippen molar-refractivity contribution >= 4 is 0 Å². The summed E-state index contributed by atoms with van der Waals surface area (Å²) >= 11 is 0. The van der Waals surface area contributed by atoms with Gasteiger partial charge in [-0.25, -0.2) is 0 Å². The van der Waals surface area contributed by atoms with Crippen molar-refractivity contribution in [3.8, 4) is 5.75 Å². The molecule has 0 spiro atoms. The second kappa shape index (κ2) is 5.54. The maximum atomic E-state index is 6.30. The van der Waals surface area contributed by atoms with Crippen molar-refractivity contribution in [2.75, 3.05) is 6.61 Å². The summed E-state index contributed by atoms with van der Waals surface area (Å²) in [7, 11) is 0. The van der Waals surface area contributed by atoms with Crippen LogP contribution in [0.25, 0.3) is 0 Å². The molecule has 0 aliphatic carbocycles. The van der Waals surface area contributed by atoms with Gasteiger partial charge in [-0.15, -0.1) is 0 Å². The zero-order chi connectivity index (χ0) is 12.3. The van der Waals surface area contributed by atoms with Crippen molar-refractivity contribution in [1.82, 2.24) is 0 Å². The minimum Gasteiger partial charge on any atom is -0.493 e. The number of para-hydroxylation sites is 1. The van der Waals surface area contributed by atoms with E-state index in [1.54, 1.807) is 0 Å². The van der Waals surface area contributed by atoms with Crippen LogP contribution in [0.1, 0.15) is 44.6 Å². The minimum absolute atomic E-state index is 0.234. The van der Waals surface area contributed by atoms with Crippen LogP contribution in [0.3, 0.4) is 0 Å². The summed E-state index contributed by atoms with van der Waals surface area (Å²) in [5.41, 5.74) is 7.60. The van der Waals surface area contributed by atoms with Crippen LogP contribution in [0.4, 0.5) is 0 Å². The first-order valence-corrected chi connectivity index (χ1v) is 6.65. The third kappa shape index (κ3) is 3.01. The van der Waals surface area contributed by atoms with E-state index in [2.05, 4.69) is 26.0 Å². The molecule has 0 bridgehead atoms. The number of nitrogens with two attached hydrogens (primary N) is 1. The third-order valence-corrected chi connectivity index (χ3v) is 3.57. The first-order valence-electron chi connectivity index (χ1n) is 6.65. The van der Waals surface area contributed by atoms with Gasteiger partial charge in [0, 0.05) is 17.5 Å². The minimum atomic E-state index is 0.234.